The highest BCUT2D eigenvalue weighted by Crippen LogP contribution is 2.12. The molecule has 0 spiro atoms. The minimum Gasteiger partial charge on any atom is -0.286 e. The standard InChI is InChI=1S/C17H21N3O3S/c1-15(18-19(2)16-9-4-3-5-10-16)17-11-6-7-12-20(17)13-8-14-24(21,22)23/h3-7,9-12H,8,13-14H2,1-2H3/p+1. The number of hydrogen-bond donors (Lipinski definition) is 1. The lowest BCUT2D eigenvalue weighted by molar-refractivity contribution is -0.698. The third-order valence-corrected chi connectivity index (χ3v) is 4.35. The average molecular weight is 348 g/mol. The van der Waals surface area contributed by atoms with Gasteiger partial charge >= 0.3 is 0 Å². The second-order valence-corrected chi connectivity index (χ2v) is 7.04. The maximum atomic E-state index is 10.9. The summed E-state index contributed by atoms with van der Waals surface area (Å²) < 4.78 is 32.5. The van der Waals surface area contributed by atoms with Crippen LogP contribution >= 0.6 is 0 Å². The first kappa shape index (κ1) is 18.1. The van der Waals surface area contributed by atoms with E-state index in [1.807, 2.05) is 73.3 Å². The molecule has 0 fully saturated rings. The van der Waals surface area contributed by atoms with Crippen LogP contribution in [0.15, 0.2) is 59.8 Å². The van der Waals surface area contributed by atoms with E-state index in [4.69, 9.17) is 4.55 Å². The van der Waals surface area contributed by atoms with Crippen molar-refractivity contribution in [1.29, 1.82) is 0 Å². The molecular weight excluding hydrogens is 326 g/mol. The lowest BCUT2D eigenvalue weighted by atomic mass is 10.2. The number of hydrogen-bond acceptors (Lipinski definition) is 4. The van der Waals surface area contributed by atoms with E-state index in [0.29, 0.717) is 13.0 Å². The Balaban J connectivity index is 2.17. The molecule has 0 atom stereocenters. The Hall–Kier alpha value is -2.25. The first-order valence-corrected chi connectivity index (χ1v) is 9.26. The van der Waals surface area contributed by atoms with Gasteiger partial charge in [0.15, 0.2) is 6.20 Å². The second kappa shape index (κ2) is 8.03. The van der Waals surface area contributed by atoms with E-state index < -0.39 is 10.1 Å². The van der Waals surface area contributed by atoms with Gasteiger partial charge in [0.25, 0.3) is 10.1 Å². The van der Waals surface area contributed by atoms with Crippen molar-refractivity contribution in [2.24, 2.45) is 5.10 Å². The number of hydrazone groups is 1. The van der Waals surface area contributed by atoms with E-state index in [1.54, 1.807) is 5.01 Å². The van der Waals surface area contributed by atoms with Crippen LogP contribution in [0.25, 0.3) is 0 Å². The molecule has 1 aromatic carbocycles. The lowest BCUT2D eigenvalue weighted by Gasteiger charge is -2.14. The van der Waals surface area contributed by atoms with E-state index in [2.05, 4.69) is 5.10 Å². The molecule has 0 amide bonds. The lowest BCUT2D eigenvalue weighted by Crippen LogP contribution is -2.40. The maximum Gasteiger partial charge on any atom is 0.265 e. The van der Waals surface area contributed by atoms with Crippen LogP contribution in [-0.4, -0.2) is 31.5 Å². The molecule has 2 rings (SSSR count). The molecule has 6 nitrogen and oxygen atoms in total. The molecule has 0 saturated heterocycles. The third kappa shape index (κ3) is 5.43. The zero-order chi connectivity index (χ0) is 17.6. The fourth-order valence-electron chi connectivity index (χ4n) is 2.39. The average Bonchev–Trinajstić information content (AvgIpc) is 2.55. The van der Waals surface area contributed by atoms with Gasteiger partial charge in [-0.1, -0.05) is 18.2 Å². The maximum absolute atomic E-state index is 10.9. The summed E-state index contributed by atoms with van der Waals surface area (Å²) in [6.45, 7) is 2.39. The first-order valence-electron chi connectivity index (χ1n) is 7.65. The molecule has 0 radical (unpaired) electrons. The topological polar surface area (TPSA) is 73.8 Å². The number of pyridine rings is 1. The van der Waals surface area contributed by atoms with Crippen molar-refractivity contribution in [2.75, 3.05) is 17.8 Å². The molecule has 128 valence electrons. The van der Waals surface area contributed by atoms with E-state index >= 15 is 0 Å². The number of rotatable bonds is 7. The number of anilines is 1. The van der Waals surface area contributed by atoms with Crippen molar-refractivity contribution in [2.45, 2.75) is 19.9 Å². The molecule has 24 heavy (non-hydrogen) atoms. The van der Waals surface area contributed by atoms with Gasteiger partial charge in [0, 0.05) is 25.6 Å². The van der Waals surface area contributed by atoms with E-state index in [9.17, 15) is 8.42 Å². The predicted molar refractivity (Wildman–Crippen MR) is 94.7 cm³/mol. The molecule has 1 aromatic heterocycles. The van der Waals surface area contributed by atoms with Gasteiger partial charge in [-0.2, -0.15) is 18.1 Å². The van der Waals surface area contributed by atoms with Crippen molar-refractivity contribution in [1.82, 2.24) is 0 Å². The van der Waals surface area contributed by atoms with Crippen molar-refractivity contribution >= 4 is 21.5 Å². The molecule has 7 heteroatoms. The molecule has 2 aromatic rings. The zero-order valence-electron chi connectivity index (χ0n) is 13.8. The SMILES string of the molecule is C/C(=N/N(C)c1ccccc1)c1cccc[n+]1CCCS(=O)(=O)O. The molecule has 0 unspecified atom stereocenters. The molecule has 0 aliphatic rings. The van der Waals surface area contributed by atoms with Gasteiger partial charge in [0.1, 0.15) is 12.3 Å². The summed E-state index contributed by atoms with van der Waals surface area (Å²) in [5.41, 5.74) is 2.69. The summed E-state index contributed by atoms with van der Waals surface area (Å²) >= 11 is 0. The van der Waals surface area contributed by atoms with E-state index in [1.165, 1.54) is 0 Å². The second-order valence-electron chi connectivity index (χ2n) is 5.46. The number of para-hydroxylation sites is 1. The Bertz CT molecular complexity index is 805. The van der Waals surface area contributed by atoms with Crippen molar-refractivity contribution < 1.29 is 17.5 Å². The highest BCUT2D eigenvalue weighted by molar-refractivity contribution is 7.85. The van der Waals surface area contributed by atoms with Crippen LogP contribution in [0.2, 0.25) is 0 Å². The van der Waals surface area contributed by atoms with Gasteiger partial charge < -0.3 is 0 Å². The van der Waals surface area contributed by atoms with E-state index in [0.717, 1.165) is 17.1 Å². The molecule has 0 saturated carbocycles. The summed E-state index contributed by atoms with van der Waals surface area (Å²) in [5.74, 6) is -0.256. The predicted octanol–water partition coefficient (Wildman–Crippen LogP) is 2.11. The highest BCUT2D eigenvalue weighted by Gasteiger charge is 2.15. The van der Waals surface area contributed by atoms with Crippen LogP contribution in [-0.2, 0) is 16.7 Å². The molecule has 1 N–H and O–H groups in total. The van der Waals surface area contributed by atoms with Gasteiger partial charge in [-0.05, 0) is 25.1 Å². The molecule has 0 aliphatic carbocycles. The Morgan fingerprint density at radius 1 is 1.17 bits per heavy atom. The minimum absolute atomic E-state index is 0.256. The number of aryl methyl sites for hydroxylation is 1. The number of benzene rings is 1. The van der Waals surface area contributed by atoms with Gasteiger partial charge in [-0.3, -0.25) is 9.56 Å². The first-order chi connectivity index (χ1) is 11.4. The van der Waals surface area contributed by atoms with Crippen molar-refractivity contribution in [3.63, 3.8) is 0 Å². The van der Waals surface area contributed by atoms with Crippen LogP contribution in [0, 0.1) is 0 Å². The van der Waals surface area contributed by atoms with Crippen LogP contribution in [0.3, 0.4) is 0 Å². The highest BCUT2D eigenvalue weighted by atomic mass is 32.2. The summed E-state index contributed by atoms with van der Waals surface area (Å²) in [5, 5.41) is 6.39. The van der Waals surface area contributed by atoms with E-state index in [-0.39, 0.29) is 5.75 Å². The Labute approximate surface area is 142 Å². The van der Waals surface area contributed by atoms with Gasteiger partial charge in [-0.15, -0.1) is 0 Å². The minimum atomic E-state index is -3.93. The van der Waals surface area contributed by atoms with Gasteiger partial charge in [0.05, 0.1) is 11.4 Å². The summed E-state index contributed by atoms with van der Waals surface area (Å²) in [6.07, 6.45) is 2.21. The molecule has 0 aliphatic heterocycles. The van der Waals surface area contributed by atoms with Crippen LogP contribution < -0.4 is 9.58 Å². The largest absolute Gasteiger partial charge is 0.286 e. The summed E-state index contributed by atoms with van der Waals surface area (Å²) in [6, 6.07) is 15.5. The normalized spacial score (nSPS) is 12.2. The number of aromatic nitrogens is 1. The monoisotopic (exact) mass is 348 g/mol. The van der Waals surface area contributed by atoms with Crippen LogP contribution in [0.1, 0.15) is 19.0 Å². The quantitative estimate of drug-likeness (QED) is 0.360. The van der Waals surface area contributed by atoms with Gasteiger partial charge in [0.2, 0.25) is 5.69 Å². The summed E-state index contributed by atoms with van der Waals surface area (Å²) in [7, 11) is -2.05. The van der Waals surface area contributed by atoms with Crippen LogP contribution in [0.4, 0.5) is 5.69 Å². The van der Waals surface area contributed by atoms with Crippen molar-refractivity contribution in [3.8, 4) is 0 Å². The Morgan fingerprint density at radius 2 is 1.83 bits per heavy atom. The molecule has 1 heterocycles. The fourth-order valence-corrected chi connectivity index (χ4v) is 2.89. The zero-order valence-corrected chi connectivity index (χ0v) is 14.6. The third-order valence-electron chi connectivity index (χ3n) is 3.54. The number of nitrogens with zero attached hydrogens (tertiary/aromatic N) is 3. The van der Waals surface area contributed by atoms with Crippen molar-refractivity contribution in [3.05, 3.63) is 60.4 Å². The fraction of sp³-hybridized carbons (Fsp3) is 0.294. The van der Waals surface area contributed by atoms with Gasteiger partial charge in [-0.25, -0.2) is 0 Å². The summed E-state index contributed by atoms with van der Waals surface area (Å²) in [4.78, 5) is 0. The Kier molecular flexibility index (Phi) is 6.05. The Morgan fingerprint density at radius 3 is 2.50 bits per heavy atom. The molecule has 0 bridgehead atoms. The smallest absolute Gasteiger partial charge is 0.265 e. The van der Waals surface area contributed by atoms with Crippen LogP contribution in [0.5, 0.6) is 0 Å². The molecular formula is C17H22N3O3S+.